The van der Waals surface area contributed by atoms with Crippen LogP contribution in [0.25, 0.3) is 0 Å². The fraction of sp³-hybridized carbons (Fsp3) is 0.500. The van der Waals surface area contributed by atoms with Crippen molar-refractivity contribution in [3.05, 3.63) is 29.8 Å². The van der Waals surface area contributed by atoms with Crippen LogP contribution in [0.3, 0.4) is 0 Å². The third-order valence-corrected chi connectivity index (χ3v) is 6.31. The van der Waals surface area contributed by atoms with Crippen LogP contribution in [-0.2, 0) is 10.0 Å². The standard InChI is InChI=1S/C14H19N3O3S/c15-14(18)10-3-5-12(6-4-10)21(19,20)17-7-1-2-11-8-16-9-13(11)17/h3-6,11,13,16H,1-2,7-9H2,(H2,15,18). The number of rotatable bonds is 3. The average Bonchev–Trinajstić information content (AvgIpc) is 2.95. The molecule has 2 aliphatic heterocycles. The number of carbonyl (C=O) groups is 1. The number of primary amides is 1. The second kappa shape index (κ2) is 5.40. The number of amides is 1. The number of sulfonamides is 1. The molecule has 114 valence electrons. The van der Waals surface area contributed by atoms with Crippen molar-refractivity contribution in [1.82, 2.24) is 9.62 Å². The highest BCUT2D eigenvalue weighted by Crippen LogP contribution is 2.31. The average molecular weight is 309 g/mol. The van der Waals surface area contributed by atoms with E-state index < -0.39 is 15.9 Å². The molecular weight excluding hydrogens is 290 g/mol. The Morgan fingerprint density at radius 3 is 2.62 bits per heavy atom. The van der Waals surface area contributed by atoms with E-state index in [0.29, 0.717) is 24.6 Å². The molecule has 1 aromatic rings. The molecule has 2 atom stereocenters. The molecule has 21 heavy (non-hydrogen) atoms. The second-order valence-corrected chi connectivity index (χ2v) is 7.52. The number of fused-ring (bicyclic) bond motifs is 1. The zero-order chi connectivity index (χ0) is 15.0. The maximum Gasteiger partial charge on any atom is 0.248 e. The molecule has 6 nitrogen and oxygen atoms in total. The van der Waals surface area contributed by atoms with Crippen LogP contribution in [0.4, 0.5) is 0 Å². The van der Waals surface area contributed by atoms with Crippen molar-refractivity contribution >= 4 is 15.9 Å². The Balaban J connectivity index is 1.90. The maximum absolute atomic E-state index is 12.8. The fourth-order valence-corrected chi connectivity index (χ4v) is 4.97. The van der Waals surface area contributed by atoms with Gasteiger partial charge in [0.05, 0.1) is 4.90 Å². The van der Waals surface area contributed by atoms with E-state index in [-0.39, 0.29) is 10.9 Å². The molecule has 2 saturated heterocycles. The Morgan fingerprint density at radius 1 is 1.24 bits per heavy atom. The summed E-state index contributed by atoms with van der Waals surface area (Å²) in [6, 6.07) is 5.88. The first-order valence-corrected chi connectivity index (χ1v) is 8.56. The summed E-state index contributed by atoms with van der Waals surface area (Å²) in [6.07, 6.45) is 1.96. The predicted molar refractivity (Wildman–Crippen MR) is 78.2 cm³/mol. The topological polar surface area (TPSA) is 92.5 Å². The Kier molecular flexibility index (Phi) is 3.73. The minimum atomic E-state index is -3.52. The van der Waals surface area contributed by atoms with Gasteiger partial charge in [0, 0.05) is 24.7 Å². The maximum atomic E-state index is 12.8. The van der Waals surface area contributed by atoms with Gasteiger partial charge in [-0.05, 0) is 49.6 Å². The monoisotopic (exact) mass is 309 g/mol. The van der Waals surface area contributed by atoms with Crippen molar-refractivity contribution in [2.45, 2.75) is 23.8 Å². The number of piperidine rings is 1. The zero-order valence-corrected chi connectivity index (χ0v) is 12.5. The van der Waals surface area contributed by atoms with E-state index in [9.17, 15) is 13.2 Å². The summed E-state index contributed by atoms with van der Waals surface area (Å²) in [7, 11) is -3.52. The minimum Gasteiger partial charge on any atom is -0.366 e. The normalized spacial score (nSPS) is 26.5. The van der Waals surface area contributed by atoms with Gasteiger partial charge in [-0.15, -0.1) is 0 Å². The van der Waals surface area contributed by atoms with Crippen LogP contribution in [0.1, 0.15) is 23.2 Å². The van der Waals surface area contributed by atoms with Gasteiger partial charge in [0.1, 0.15) is 0 Å². The van der Waals surface area contributed by atoms with Crippen LogP contribution in [0.2, 0.25) is 0 Å². The molecule has 0 bridgehead atoms. The first kappa shape index (κ1) is 14.5. The molecule has 7 heteroatoms. The highest BCUT2D eigenvalue weighted by atomic mass is 32.2. The van der Waals surface area contributed by atoms with Crippen LogP contribution in [0.5, 0.6) is 0 Å². The molecule has 2 unspecified atom stereocenters. The Morgan fingerprint density at radius 2 is 1.95 bits per heavy atom. The highest BCUT2D eigenvalue weighted by molar-refractivity contribution is 7.89. The quantitative estimate of drug-likeness (QED) is 0.832. The van der Waals surface area contributed by atoms with Gasteiger partial charge in [0.2, 0.25) is 15.9 Å². The summed E-state index contributed by atoms with van der Waals surface area (Å²) < 4.78 is 27.2. The van der Waals surface area contributed by atoms with Crippen molar-refractivity contribution in [3.63, 3.8) is 0 Å². The number of carbonyl (C=O) groups excluding carboxylic acids is 1. The number of nitrogens with two attached hydrogens (primary N) is 1. The molecule has 3 rings (SSSR count). The second-order valence-electron chi connectivity index (χ2n) is 5.63. The Bertz CT molecular complexity index is 642. The van der Waals surface area contributed by atoms with E-state index in [1.807, 2.05) is 0 Å². The van der Waals surface area contributed by atoms with Gasteiger partial charge in [-0.3, -0.25) is 4.79 Å². The molecular formula is C14H19N3O3S. The van der Waals surface area contributed by atoms with Crippen LogP contribution < -0.4 is 11.1 Å². The van der Waals surface area contributed by atoms with Crippen LogP contribution in [-0.4, -0.2) is 44.3 Å². The van der Waals surface area contributed by atoms with E-state index in [1.165, 1.54) is 24.3 Å². The predicted octanol–water partition coefficient (Wildman–Crippen LogP) is 0.158. The summed E-state index contributed by atoms with van der Waals surface area (Å²) in [5.41, 5.74) is 5.49. The van der Waals surface area contributed by atoms with Crippen molar-refractivity contribution in [2.24, 2.45) is 11.7 Å². The summed E-state index contributed by atoms with van der Waals surface area (Å²) in [5.74, 6) is -0.157. The molecule has 1 aromatic carbocycles. The summed E-state index contributed by atoms with van der Waals surface area (Å²) >= 11 is 0. The van der Waals surface area contributed by atoms with Gasteiger partial charge in [0.15, 0.2) is 0 Å². The Labute approximate surface area is 124 Å². The molecule has 0 radical (unpaired) electrons. The lowest BCUT2D eigenvalue weighted by Gasteiger charge is -2.35. The molecule has 0 aromatic heterocycles. The van der Waals surface area contributed by atoms with Gasteiger partial charge >= 0.3 is 0 Å². The third-order valence-electron chi connectivity index (χ3n) is 4.37. The van der Waals surface area contributed by atoms with E-state index in [4.69, 9.17) is 5.73 Å². The van der Waals surface area contributed by atoms with Crippen LogP contribution in [0, 0.1) is 5.92 Å². The smallest absolute Gasteiger partial charge is 0.248 e. The fourth-order valence-electron chi connectivity index (χ4n) is 3.25. The number of hydrogen-bond donors (Lipinski definition) is 2. The molecule has 2 heterocycles. The minimum absolute atomic E-state index is 0.0413. The summed E-state index contributed by atoms with van der Waals surface area (Å²) in [4.78, 5) is 11.3. The van der Waals surface area contributed by atoms with Gasteiger partial charge < -0.3 is 11.1 Å². The van der Waals surface area contributed by atoms with Crippen molar-refractivity contribution < 1.29 is 13.2 Å². The number of benzene rings is 1. The van der Waals surface area contributed by atoms with E-state index in [0.717, 1.165) is 19.4 Å². The molecule has 0 aliphatic carbocycles. The van der Waals surface area contributed by atoms with E-state index in [1.54, 1.807) is 4.31 Å². The van der Waals surface area contributed by atoms with Gasteiger partial charge in [-0.2, -0.15) is 4.31 Å². The van der Waals surface area contributed by atoms with Crippen molar-refractivity contribution in [2.75, 3.05) is 19.6 Å². The molecule has 2 aliphatic rings. The molecule has 0 saturated carbocycles. The lowest BCUT2D eigenvalue weighted by molar-refractivity contribution is 0.1000. The Hall–Kier alpha value is -1.44. The first-order chi connectivity index (χ1) is 10.00. The van der Waals surface area contributed by atoms with Gasteiger partial charge in [-0.1, -0.05) is 0 Å². The van der Waals surface area contributed by atoms with E-state index >= 15 is 0 Å². The molecule has 0 spiro atoms. The lowest BCUT2D eigenvalue weighted by atomic mass is 9.94. The van der Waals surface area contributed by atoms with Gasteiger partial charge in [-0.25, -0.2) is 8.42 Å². The summed E-state index contributed by atoms with van der Waals surface area (Å²) in [6.45, 7) is 2.16. The number of hydrogen-bond acceptors (Lipinski definition) is 4. The van der Waals surface area contributed by atoms with Crippen LogP contribution >= 0.6 is 0 Å². The largest absolute Gasteiger partial charge is 0.366 e. The number of nitrogens with one attached hydrogen (secondary N) is 1. The van der Waals surface area contributed by atoms with Crippen LogP contribution in [0.15, 0.2) is 29.2 Å². The molecule has 3 N–H and O–H groups in total. The highest BCUT2D eigenvalue weighted by Gasteiger charge is 2.41. The van der Waals surface area contributed by atoms with Crippen molar-refractivity contribution in [3.8, 4) is 0 Å². The molecule has 1 amide bonds. The first-order valence-electron chi connectivity index (χ1n) is 7.12. The molecule has 2 fully saturated rings. The number of nitrogens with zero attached hydrogens (tertiary/aromatic N) is 1. The SMILES string of the molecule is NC(=O)c1ccc(S(=O)(=O)N2CCCC3CNCC32)cc1. The zero-order valence-electron chi connectivity index (χ0n) is 11.7. The van der Waals surface area contributed by atoms with E-state index in [2.05, 4.69) is 5.32 Å². The summed E-state index contributed by atoms with van der Waals surface area (Å²) in [5, 5.41) is 3.27. The van der Waals surface area contributed by atoms with Crippen molar-refractivity contribution in [1.29, 1.82) is 0 Å². The third kappa shape index (κ3) is 2.56. The van der Waals surface area contributed by atoms with Gasteiger partial charge in [0.25, 0.3) is 0 Å². The lowest BCUT2D eigenvalue weighted by Crippen LogP contribution is -2.48.